The molecule has 0 bridgehead atoms. The number of rotatable bonds is 3. The summed E-state index contributed by atoms with van der Waals surface area (Å²) < 4.78 is 19.4. The molecular weight excluding hydrogens is 237 g/mol. The van der Waals surface area contributed by atoms with Crippen molar-refractivity contribution in [1.82, 2.24) is 9.78 Å². The molecule has 6 heteroatoms. The van der Waals surface area contributed by atoms with E-state index in [-0.39, 0.29) is 5.88 Å². The van der Waals surface area contributed by atoms with Crippen LogP contribution in [-0.2, 0) is 7.05 Å². The van der Waals surface area contributed by atoms with Gasteiger partial charge < -0.3 is 10.1 Å². The van der Waals surface area contributed by atoms with E-state index in [1.165, 1.54) is 36.2 Å². The van der Waals surface area contributed by atoms with Gasteiger partial charge in [0.15, 0.2) is 0 Å². The number of halogens is 1. The van der Waals surface area contributed by atoms with Crippen LogP contribution in [0.25, 0.3) is 0 Å². The molecule has 18 heavy (non-hydrogen) atoms. The Morgan fingerprint density at radius 1 is 1.50 bits per heavy atom. The number of aryl methyl sites for hydroxylation is 1. The van der Waals surface area contributed by atoms with Crippen LogP contribution in [-0.4, -0.2) is 22.8 Å². The van der Waals surface area contributed by atoms with Crippen LogP contribution in [0.1, 0.15) is 10.4 Å². The molecule has 2 rings (SSSR count). The van der Waals surface area contributed by atoms with E-state index >= 15 is 0 Å². The Morgan fingerprint density at radius 2 is 2.28 bits per heavy atom. The number of benzene rings is 1. The predicted molar refractivity (Wildman–Crippen MR) is 64.1 cm³/mol. The third-order valence-corrected chi connectivity index (χ3v) is 2.32. The Kier molecular flexibility index (Phi) is 3.27. The number of nitrogens with one attached hydrogen (secondary N) is 1. The Morgan fingerprint density at radius 3 is 2.94 bits per heavy atom. The number of aromatic nitrogens is 2. The monoisotopic (exact) mass is 249 g/mol. The molecule has 0 spiro atoms. The van der Waals surface area contributed by atoms with E-state index in [4.69, 9.17) is 4.74 Å². The van der Waals surface area contributed by atoms with Crippen LogP contribution in [0.5, 0.6) is 5.88 Å². The highest BCUT2D eigenvalue weighted by Gasteiger charge is 2.16. The summed E-state index contributed by atoms with van der Waals surface area (Å²) in [7, 11) is 3.11. The fourth-order valence-corrected chi connectivity index (χ4v) is 1.54. The van der Waals surface area contributed by atoms with E-state index in [1.54, 1.807) is 13.1 Å². The van der Waals surface area contributed by atoms with E-state index in [0.717, 1.165) is 0 Å². The van der Waals surface area contributed by atoms with E-state index in [1.807, 2.05) is 0 Å². The third-order valence-electron chi connectivity index (χ3n) is 2.32. The predicted octanol–water partition coefficient (Wildman–Crippen LogP) is 1.82. The number of methoxy groups -OCH3 is 1. The maximum Gasteiger partial charge on any atom is 0.262 e. The van der Waals surface area contributed by atoms with E-state index in [0.29, 0.717) is 11.3 Å². The molecule has 1 aromatic heterocycles. The molecule has 0 unspecified atom stereocenters. The van der Waals surface area contributed by atoms with Gasteiger partial charge >= 0.3 is 0 Å². The molecule has 0 aliphatic rings. The fourth-order valence-electron chi connectivity index (χ4n) is 1.54. The van der Waals surface area contributed by atoms with Crippen molar-refractivity contribution in [2.75, 3.05) is 12.4 Å². The number of hydrogen-bond donors (Lipinski definition) is 1. The van der Waals surface area contributed by atoms with Crippen molar-refractivity contribution >= 4 is 11.6 Å². The number of carbonyl (C=O) groups excluding carboxylic acids is 1. The SMILES string of the molecule is COc1nn(C)cc1C(=O)Nc1cccc(F)c1. The normalized spacial score (nSPS) is 10.2. The highest BCUT2D eigenvalue weighted by Crippen LogP contribution is 2.17. The molecule has 0 saturated carbocycles. The number of ether oxygens (including phenoxy) is 1. The highest BCUT2D eigenvalue weighted by molar-refractivity contribution is 6.05. The smallest absolute Gasteiger partial charge is 0.262 e. The number of amides is 1. The quantitative estimate of drug-likeness (QED) is 0.902. The molecule has 1 amide bonds. The van der Waals surface area contributed by atoms with Gasteiger partial charge in [0, 0.05) is 18.9 Å². The van der Waals surface area contributed by atoms with Crippen LogP contribution >= 0.6 is 0 Å². The fraction of sp³-hybridized carbons (Fsp3) is 0.167. The topological polar surface area (TPSA) is 56.2 Å². The zero-order chi connectivity index (χ0) is 13.1. The zero-order valence-corrected chi connectivity index (χ0v) is 9.98. The molecule has 0 aliphatic carbocycles. The molecule has 2 aromatic rings. The van der Waals surface area contributed by atoms with Gasteiger partial charge in [-0.2, -0.15) is 0 Å². The Hall–Kier alpha value is -2.37. The molecule has 1 N–H and O–H groups in total. The van der Waals surface area contributed by atoms with Gasteiger partial charge in [0.25, 0.3) is 5.91 Å². The largest absolute Gasteiger partial charge is 0.479 e. The average molecular weight is 249 g/mol. The van der Waals surface area contributed by atoms with Crippen LogP contribution in [0.2, 0.25) is 0 Å². The summed E-state index contributed by atoms with van der Waals surface area (Å²) >= 11 is 0. The lowest BCUT2D eigenvalue weighted by molar-refractivity contribution is 0.102. The molecule has 5 nitrogen and oxygen atoms in total. The minimum absolute atomic E-state index is 0.228. The van der Waals surface area contributed by atoms with Crippen molar-refractivity contribution in [1.29, 1.82) is 0 Å². The van der Waals surface area contributed by atoms with Gasteiger partial charge in [0.2, 0.25) is 5.88 Å². The molecule has 0 aliphatic heterocycles. The first-order valence-corrected chi connectivity index (χ1v) is 5.24. The molecule has 0 fully saturated rings. The summed E-state index contributed by atoms with van der Waals surface area (Å²) in [6, 6.07) is 5.66. The van der Waals surface area contributed by atoms with Gasteiger partial charge in [-0.05, 0) is 18.2 Å². The molecular formula is C12H12FN3O2. The van der Waals surface area contributed by atoms with Crippen LogP contribution < -0.4 is 10.1 Å². The van der Waals surface area contributed by atoms with Crippen molar-refractivity contribution in [3.63, 3.8) is 0 Å². The van der Waals surface area contributed by atoms with Crippen molar-refractivity contribution < 1.29 is 13.9 Å². The summed E-state index contributed by atoms with van der Waals surface area (Å²) in [4.78, 5) is 12.0. The van der Waals surface area contributed by atoms with Crippen LogP contribution in [0.3, 0.4) is 0 Å². The van der Waals surface area contributed by atoms with Gasteiger partial charge in [-0.1, -0.05) is 6.07 Å². The first-order valence-electron chi connectivity index (χ1n) is 5.24. The van der Waals surface area contributed by atoms with Crippen LogP contribution in [0.4, 0.5) is 10.1 Å². The summed E-state index contributed by atoms with van der Waals surface area (Å²) in [5.41, 5.74) is 0.676. The van der Waals surface area contributed by atoms with Crippen LogP contribution in [0, 0.1) is 5.82 Å². The maximum atomic E-state index is 13.0. The van der Waals surface area contributed by atoms with Gasteiger partial charge in [-0.25, -0.2) is 4.39 Å². The third kappa shape index (κ3) is 2.48. The van der Waals surface area contributed by atoms with E-state index in [9.17, 15) is 9.18 Å². The minimum Gasteiger partial charge on any atom is -0.479 e. The van der Waals surface area contributed by atoms with Gasteiger partial charge in [-0.3, -0.25) is 9.48 Å². The summed E-state index contributed by atoms with van der Waals surface area (Å²) in [5.74, 6) is -0.581. The lowest BCUT2D eigenvalue weighted by Gasteiger charge is -2.04. The lowest BCUT2D eigenvalue weighted by Crippen LogP contribution is -2.12. The Bertz CT molecular complexity index is 580. The Labute approximate surface area is 103 Å². The number of nitrogens with zero attached hydrogens (tertiary/aromatic N) is 2. The van der Waals surface area contributed by atoms with Crippen molar-refractivity contribution in [2.45, 2.75) is 0 Å². The van der Waals surface area contributed by atoms with E-state index < -0.39 is 11.7 Å². The average Bonchev–Trinajstić information content (AvgIpc) is 2.70. The number of carbonyl (C=O) groups is 1. The molecule has 0 saturated heterocycles. The summed E-state index contributed by atoms with van der Waals surface area (Å²) in [6.45, 7) is 0. The number of hydrogen-bond acceptors (Lipinski definition) is 3. The number of anilines is 1. The maximum absolute atomic E-state index is 13.0. The summed E-state index contributed by atoms with van der Waals surface area (Å²) in [5, 5.41) is 6.54. The second kappa shape index (κ2) is 4.87. The molecule has 0 atom stereocenters. The van der Waals surface area contributed by atoms with Gasteiger partial charge in [-0.15, -0.1) is 5.10 Å². The molecule has 0 radical (unpaired) electrons. The van der Waals surface area contributed by atoms with Gasteiger partial charge in [0.05, 0.1) is 7.11 Å². The second-order valence-corrected chi connectivity index (χ2v) is 3.69. The zero-order valence-electron chi connectivity index (χ0n) is 9.98. The standard InChI is InChI=1S/C12H12FN3O2/c1-16-7-10(12(15-16)18-2)11(17)14-9-5-3-4-8(13)6-9/h3-7H,1-2H3,(H,14,17). The first kappa shape index (κ1) is 12.1. The Balaban J connectivity index is 2.21. The molecule has 1 heterocycles. The first-order chi connectivity index (χ1) is 8.60. The van der Waals surface area contributed by atoms with Crippen molar-refractivity contribution in [3.05, 3.63) is 41.8 Å². The second-order valence-electron chi connectivity index (χ2n) is 3.69. The molecule has 94 valence electrons. The van der Waals surface area contributed by atoms with E-state index in [2.05, 4.69) is 10.4 Å². The van der Waals surface area contributed by atoms with Gasteiger partial charge in [0.1, 0.15) is 11.4 Å². The van der Waals surface area contributed by atoms with Crippen molar-refractivity contribution in [2.24, 2.45) is 7.05 Å². The lowest BCUT2D eigenvalue weighted by atomic mass is 10.2. The van der Waals surface area contributed by atoms with Crippen molar-refractivity contribution in [3.8, 4) is 5.88 Å². The summed E-state index contributed by atoms with van der Waals surface area (Å²) in [6.07, 6.45) is 1.54. The van der Waals surface area contributed by atoms with Crippen LogP contribution in [0.15, 0.2) is 30.5 Å². The molecule has 1 aromatic carbocycles. The highest BCUT2D eigenvalue weighted by atomic mass is 19.1. The minimum atomic E-state index is -0.411.